The number of hydrogen-bond acceptors (Lipinski definition) is 3. The maximum atomic E-state index is 11.8. The molecule has 1 aromatic rings. The summed E-state index contributed by atoms with van der Waals surface area (Å²) in [5.41, 5.74) is 0.142. The third-order valence-electron chi connectivity index (χ3n) is 3.51. The zero-order valence-corrected chi connectivity index (χ0v) is 13.3. The largest absolute Gasteiger partial charge is 0.396 e. The van der Waals surface area contributed by atoms with Crippen molar-refractivity contribution in [1.82, 2.24) is 5.32 Å². The monoisotopic (exact) mass is 333 g/mol. The standard InChI is InChI=1S/C14H17Cl2NO2S/c15-10-1-2-11(16)12(7-10)20-8-13(19)17-9-14(3-4-14)5-6-18/h1-2,7,18H,3-6,8-9H2,(H,17,19). The van der Waals surface area contributed by atoms with Gasteiger partial charge in [-0.2, -0.15) is 0 Å². The van der Waals surface area contributed by atoms with Gasteiger partial charge >= 0.3 is 0 Å². The number of nitrogens with one attached hydrogen (secondary N) is 1. The second-order valence-corrected chi connectivity index (χ2v) is 6.97. The first-order valence-electron chi connectivity index (χ1n) is 6.50. The van der Waals surface area contributed by atoms with Crippen LogP contribution in [0.3, 0.4) is 0 Å². The summed E-state index contributed by atoms with van der Waals surface area (Å²) < 4.78 is 0. The van der Waals surface area contributed by atoms with E-state index in [0.717, 1.165) is 24.2 Å². The Labute approximate surface area is 133 Å². The van der Waals surface area contributed by atoms with E-state index in [-0.39, 0.29) is 17.9 Å². The van der Waals surface area contributed by atoms with Gasteiger partial charge in [-0.15, -0.1) is 11.8 Å². The Balaban J connectivity index is 1.76. The number of benzene rings is 1. The van der Waals surface area contributed by atoms with Crippen molar-refractivity contribution >= 4 is 40.9 Å². The maximum absolute atomic E-state index is 11.8. The molecule has 0 aromatic heterocycles. The lowest BCUT2D eigenvalue weighted by molar-refractivity contribution is -0.118. The summed E-state index contributed by atoms with van der Waals surface area (Å²) >= 11 is 13.3. The van der Waals surface area contributed by atoms with E-state index >= 15 is 0 Å². The number of thioether (sulfide) groups is 1. The molecule has 110 valence electrons. The minimum Gasteiger partial charge on any atom is -0.396 e. The number of aliphatic hydroxyl groups is 1. The fraction of sp³-hybridized carbons (Fsp3) is 0.500. The minimum atomic E-state index is -0.0183. The van der Waals surface area contributed by atoms with Crippen LogP contribution in [-0.2, 0) is 4.79 Å². The number of carbonyl (C=O) groups excluding carboxylic acids is 1. The van der Waals surface area contributed by atoms with Crippen LogP contribution in [0.5, 0.6) is 0 Å². The van der Waals surface area contributed by atoms with Crippen LogP contribution in [0.2, 0.25) is 10.0 Å². The first kappa shape index (κ1) is 16.0. The second-order valence-electron chi connectivity index (χ2n) is 5.11. The van der Waals surface area contributed by atoms with Gasteiger partial charge in [-0.05, 0) is 42.9 Å². The first-order chi connectivity index (χ1) is 9.54. The van der Waals surface area contributed by atoms with Crippen LogP contribution in [0.4, 0.5) is 0 Å². The molecule has 1 aromatic carbocycles. The van der Waals surface area contributed by atoms with Crippen molar-refractivity contribution in [3.05, 3.63) is 28.2 Å². The molecule has 0 atom stereocenters. The SMILES string of the molecule is O=C(CSc1cc(Cl)ccc1Cl)NCC1(CCO)CC1. The van der Waals surface area contributed by atoms with Gasteiger partial charge < -0.3 is 10.4 Å². The van der Waals surface area contributed by atoms with Crippen LogP contribution >= 0.6 is 35.0 Å². The average molecular weight is 334 g/mol. The Morgan fingerprint density at radius 3 is 2.80 bits per heavy atom. The predicted octanol–water partition coefficient (Wildman–Crippen LogP) is 3.36. The van der Waals surface area contributed by atoms with Crippen molar-refractivity contribution in [1.29, 1.82) is 0 Å². The van der Waals surface area contributed by atoms with Gasteiger partial charge in [0.05, 0.1) is 10.8 Å². The number of amides is 1. The van der Waals surface area contributed by atoms with E-state index in [1.807, 2.05) is 0 Å². The third kappa shape index (κ3) is 4.55. The highest BCUT2D eigenvalue weighted by Crippen LogP contribution is 2.47. The van der Waals surface area contributed by atoms with E-state index in [1.165, 1.54) is 11.8 Å². The number of halogens is 2. The Bertz CT molecular complexity index is 492. The minimum absolute atomic E-state index is 0.0183. The van der Waals surface area contributed by atoms with Gasteiger partial charge in [0.2, 0.25) is 5.91 Å². The van der Waals surface area contributed by atoms with Gasteiger partial charge in [-0.25, -0.2) is 0 Å². The topological polar surface area (TPSA) is 49.3 Å². The Morgan fingerprint density at radius 2 is 2.15 bits per heavy atom. The summed E-state index contributed by atoms with van der Waals surface area (Å²) in [6.45, 7) is 0.832. The molecule has 0 bridgehead atoms. The fourth-order valence-corrected chi connectivity index (χ4v) is 3.32. The van der Waals surface area contributed by atoms with Gasteiger partial charge in [0.15, 0.2) is 0 Å². The third-order valence-corrected chi connectivity index (χ3v) is 5.24. The van der Waals surface area contributed by atoms with E-state index in [2.05, 4.69) is 5.32 Å². The second kappa shape index (κ2) is 7.03. The van der Waals surface area contributed by atoms with E-state index < -0.39 is 0 Å². The van der Waals surface area contributed by atoms with Gasteiger partial charge in [0.1, 0.15) is 0 Å². The summed E-state index contributed by atoms with van der Waals surface area (Å²) in [6.07, 6.45) is 2.93. The van der Waals surface area contributed by atoms with Crippen LogP contribution in [0.15, 0.2) is 23.1 Å². The van der Waals surface area contributed by atoms with Crippen molar-refractivity contribution in [3.8, 4) is 0 Å². The maximum Gasteiger partial charge on any atom is 0.230 e. The Hall–Kier alpha value is -0.420. The van der Waals surface area contributed by atoms with Gasteiger partial charge in [0.25, 0.3) is 0 Å². The average Bonchev–Trinajstić information content (AvgIpc) is 3.18. The zero-order valence-electron chi connectivity index (χ0n) is 11.0. The highest BCUT2D eigenvalue weighted by Gasteiger charge is 2.41. The molecule has 0 radical (unpaired) electrons. The molecule has 1 aliphatic rings. The zero-order chi connectivity index (χ0) is 14.6. The van der Waals surface area contributed by atoms with Crippen LogP contribution in [0, 0.1) is 5.41 Å². The summed E-state index contributed by atoms with van der Waals surface area (Å²) in [6, 6.07) is 5.21. The highest BCUT2D eigenvalue weighted by molar-refractivity contribution is 8.00. The van der Waals surface area contributed by atoms with Crippen LogP contribution < -0.4 is 5.32 Å². The summed E-state index contributed by atoms with van der Waals surface area (Å²) in [4.78, 5) is 12.6. The van der Waals surface area contributed by atoms with E-state index in [1.54, 1.807) is 18.2 Å². The molecule has 0 unspecified atom stereocenters. The molecule has 1 saturated carbocycles. The van der Waals surface area contributed by atoms with Crippen molar-refractivity contribution < 1.29 is 9.90 Å². The molecular formula is C14H17Cl2NO2S. The number of rotatable bonds is 7. The quantitative estimate of drug-likeness (QED) is 0.752. The lowest BCUT2D eigenvalue weighted by Gasteiger charge is -2.14. The molecule has 6 heteroatoms. The fourth-order valence-electron chi connectivity index (χ4n) is 2.00. The number of aliphatic hydroxyl groups excluding tert-OH is 1. The predicted molar refractivity (Wildman–Crippen MR) is 83.6 cm³/mol. The van der Waals surface area contributed by atoms with Crippen molar-refractivity contribution in [2.45, 2.75) is 24.2 Å². The first-order valence-corrected chi connectivity index (χ1v) is 8.24. The molecule has 0 spiro atoms. The molecule has 0 heterocycles. The van der Waals surface area contributed by atoms with E-state index in [4.69, 9.17) is 28.3 Å². The molecule has 1 aliphatic carbocycles. The van der Waals surface area contributed by atoms with E-state index in [9.17, 15) is 4.79 Å². The van der Waals surface area contributed by atoms with Gasteiger partial charge in [-0.1, -0.05) is 23.2 Å². The molecule has 1 fully saturated rings. The number of carbonyl (C=O) groups is 1. The van der Waals surface area contributed by atoms with Crippen molar-refractivity contribution in [2.75, 3.05) is 18.9 Å². The summed E-state index contributed by atoms with van der Waals surface area (Å²) in [5, 5.41) is 13.1. The van der Waals surface area contributed by atoms with Gasteiger partial charge in [-0.3, -0.25) is 4.79 Å². The molecule has 3 nitrogen and oxygen atoms in total. The number of hydrogen-bond donors (Lipinski definition) is 2. The van der Waals surface area contributed by atoms with Crippen LogP contribution in [-0.4, -0.2) is 29.9 Å². The Morgan fingerprint density at radius 1 is 1.40 bits per heavy atom. The molecular weight excluding hydrogens is 317 g/mol. The Kier molecular flexibility index (Phi) is 5.61. The normalized spacial score (nSPS) is 15.9. The summed E-state index contributed by atoms with van der Waals surface area (Å²) in [7, 11) is 0. The molecule has 0 aliphatic heterocycles. The van der Waals surface area contributed by atoms with Crippen molar-refractivity contribution in [2.24, 2.45) is 5.41 Å². The smallest absolute Gasteiger partial charge is 0.230 e. The van der Waals surface area contributed by atoms with Crippen LogP contribution in [0.1, 0.15) is 19.3 Å². The molecule has 20 heavy (non-hydrogen) atoms. The van der Waals surface area contributed by atoms with Crippen molar-refractivity contribution in [3.63, 3.8) is 0 Å². The lowest BCUT2D eigenvalue weighted by Crippen LogP contribution is -2.31. The highest BCUT2D eigenvalue weighted by atomic mass is 35.5. The summed E-state index contributed by atoms with van der Waals surface area (Å²) in [5.74, 6) is 0.296. The molecule has 0 saturated heterocycles. The lowest BCUT2D eigenvalue weighted by atomic mass is 10.0. The molecule has 2 N–H and O–H groups in total. The molecule has 2 rings (SSSR count). The van der Waals surface area contributed by atoms with E-state index in [0.29, 0.717) is 22.3 Å². The van der Waals surface area contributed by atoms with Gasteiger partial charge in [0, 0.05) is 23.1 Å². The molecule has 1 amide bonds. The van der Waals surface area contributed by atoms with Crippen LogP contribution in [0.25, 0.3) is 0 Å².